The summed E-state index contributed by atoms with van der Waals surface area (Å²) in [6.45, 7) is 2.02. The first-order valence-corrected chi connectivity index (χ1v) is 10.0. The van der Waals surface area contributed by atoms with Crippen LogP contribution in [-0.4, -0.2) is 35.1 Å². The fraction of sp³-hybridized carbons (Fsp3) is 0.222. The number of nitrogens with zero attached hydrogens (tertiary/aromatic N) is 2. The predicted molar refractivity (Wildman–Crippen MR) is 99.9 cm³/mol. The van der Waals surface area contributed by atoms with E-state index in [0.717, 1.165) is 27.6 Å². The maximum Gasteiger partial charge on any atom is 0.221 e. The van der Waals surface area contributed by atoms with Crippen LogP contribution in [0.2, 0.25) is 0 Å². The summed E-state index contributed by atoms with van der Waals surface area (Å²) in [5.41, 5.74) is 3.75. The topological polar surface area (TPSA) is 95.2 Å². The van der Waals surface area contributed by atoms with Crippen molar-refractivity contribution in [3.05, 3.63) is 47.7 Å². The Morgan fingerprint density at radius 2 is 1.96 bits per heavy atom. The molecule has 0 fully saturated rings. The zero-order chi connectivity index (χ0) is 18.5. The van der Waals surface area contributed by atoms with Crippen LogP contribution in [0.15, 0.2) is 36.4 Å². The van der Waals surface area contributed by atoms with Crippen LogP contribution < -0.4 is 5.32 Å². The third-order valence-electron chi connectivity index (χ3n) is 4.58. The van der Waals surface area contributed by atoms with Crippen molar-refractivity contribution in [2.24, 2.45) is 0 Å². The number of fused-ring (bicyclic) bond motifs is 2. The van der Waals surface area contributed by atoms with Crippen molar-refractivity contribution in [1.29, 1.82) is 0 Å². The van der Waals surface area contributed by atoms with Gasteiger partial charge in [0.1, 0.15) is 0 Å². The Morgan fingerprint density at radius 3 is 2.69 bits per heavy atom. The van der Waals surface area contributed by atoms with Gasteiger partial charge in [0.15, 0.2) is 0 Å². The lowest BCUT2D eigenvalue weighted by molar-refractivity contribution is -0.114. The zero-order valence-electron chi connectivity index (χ0n) is 14.4. The molecule has 1 aromatic heterocycles. The molecule has 1 aliphatic heterocycles. The molecule has 0 saturated carbocycles. The highest BCUT2D eigenvalue weighted by Crippen LogP contribution is 2.38. The fourth-order valence-corrected chi connectivity index (χ4v) is 4.08. The minimum absolute atomic E-state index is 0.174. The summed E-state index contributed by atoms with van der Waals surface area (Å²) in [4.78, 5) is 11.8. The average molecular weight is 370 g/mol. The molecule has 3 aromatic rings. The number of benzene rings is 2. The number of nitrogens with one attached hydrogen (secondary N) is 2. The third kappa shape index (κ3) is 2.77. The molecule has 134 valence electrons. The standard InChI is InChI=1S/C18H18N4O3S/c1-11(23)19-17-13-6-4-3-5-12(13)7-8-14(17)18-15-9-22(26(2,24)25)10-16(15)20-21-18/h3-8H,9-10H2,1-2H3,(H,19,23)(H,20,21). The van der Waals surface area contributed by atoms with Gasteiger partial charge in [0, 0.05) is 30.0 Å². The van der Waals surface area contributed by atoms with E-state index in [9.17, 15) is 13.2 Å². The van der Waals surface area contributed by atoms with Crippen LogP contribution >= 0.6 is 0 Å². The van der Waals surface area contributed by atoms with Crippen LogP contribution in [0.4, 0.5) is 5.69 Å². The van der Waals surface area contributed by atoms with Crippen molar-refractivity contribution in [2.45, 2.75) is 20.0 Å². The largest absolute Gasteiger partial charge is 0.325 e. The Hall–Kier alpha value is -2.71. The monoisotopic (exact) mass is 370 g/mol. The summed E-state index contributed by atoms with van der Waals surface area (Å²) in [7, 11) is -3.29. The van der Waals surface area contributed by atoms with E-state index in [1.165, 1.54) is 17.5 Å². The van der Waals surface area contributed by atoms with Crippen LogP contribution in [0.3, 0.4) is 0 Å². The molecule has 26 heavy (non-hydrogen) atoms. The number of anilines is 1. The lowest BCUT2D eigenvalue weighted by Gasteiger charge is -2.14. The van der Waals surface area contributed by atoms with E-state index in [1.54, 1.807) is 0 Å². The number of carbonyl (C=O) groups excluding carboxylic acids is 1. The van der Waals surface area contributed by atoms with Crippen LogP contribution in [0, 0.1) is 0 Å². The zero-order valence-corrected chi connectivity index (χ0v) is 15.2. The van der Waals surface area contributed by atoms with E-state index in [1.807, 2.05) is 36.4 Å². The number of hydrogen-bond donors (Lipinski definition) is 2. The van der Waals surface area contributed by atoms with Crippen LogP contribution in [0.1, 0.15) is 18.2 Å². The molecule has 0 unspecified atom stereocenters. The van der Waals surface area contributed by atoms with E-state index in [0.29, 0.717) is 11.4 Å². The number of hydrogen-bond acceptors (Lipinski definition) is 4. The Labute approximate surface area is 151 Å². The van der Waals surface area contributed by atoms with Gasteiger partial charge < -0.3 is 5.32 Å². The normalized spacial score (nSPS) is 14.5. The summed E-state index contributed by atoms with van der Waals surface area (Å²) in [5, 5.41) is 12.2. The molecule has 8 heteroatoms. The molecule has 0 spiro atoms. The number of carbonyl (C=O) groups is 1. The highest BCUT2D eigenvalue weighted by atomic mass is 32.2. The lowest BCUT2D eigenvalue weighted by Crippen LogP contribution is -2.24. The minimum atomic E-state index is -3.29. The second-order valence-corrected chi connectivity index (χ2v) is 8.43. The molecule has 4 rings (SSSR count). The molecule has 0 saturated heterocycles. The van der Waals surface area contributed by atoms with Crippen molar-refractivity contribution in [1.82, 2.24) is 14.5 Å². The van der Waals surface area contributed by atoms with Crippen molar-refractivity contribution in [2.75, 3.05) is 11.6 Å². The molecular formula is C18H18N4O3S. The van der Waals surface area contributed by atoms with Gasteiger partial charge in [-0.25, -0.2) is 8.42 Å². The molecule has 0 atom stereocenters. The second kappa shape index (κ2) is 5.93. The lowest BCUT2D eigenvalue weighted by atomic mass is 9.99. The first-order valence-electron chi connectivity index (χ1n) is 8.15. The highest BCUT2D eigenvalue weighted by molar-refractivity contribution is 7.88. The molecule has 0 radical (unpaired) electrons. The Morgan fingerprint density at radius 1 is 1.19 bits per heavy atom. The SMILES string of the molecule is CC(=O)Nc1c(-c2n[nH]c3c2CN(S(C)(=O)=O)C3)ccc2ccccc12. The van der Waals surface area contributed by atoms with E-state index >= 15 is 0 Å². The number of amides is 1. The molecule has 2 N–H and O–H groups in total. The van der Waals surface area contributed by atoms with E-state index in [4.69, 9.17) is 0 Å². The van der Waals surface area contributed by atoms with Gasteiger partial charge in [-0.05, 0) is 11.5 Å². The van der Waals surface area contributed by atoms with Gasteiger partial charge in [-0.3, -0.25) is 9.89 Å². The van der Waals surface area contributed by atoms with E-state index in [-0.39, 0.29) is 19.0 Å². The van der Waals surface area contributed by atoms with Crippen molar-refractivity contribution in [3.63, 3.8) is 0 Å². The number of aromatic amines is 1. The summed E-state index contributed by atoms with van der Waals surface area (Å²) in [6.07, 6.45) is 1.20. The number of H-pyrrole nitrogens is 1. The van der Waals surface area contributed by atoms with Gasteiger partial charge in [0.25, 0.3) is 0 Å². The summed E-state index contributed by atoms with van der Waals surface area (Å²) in [5.74, 6) is -0.174. The van der Waals surface area contributed by atoms with Gasteiger partial charge in [-0.15, -0.1) is 0 Å². The summed E-state index contributed by atoms with van der Waals surface area (Å²) < 4.78 is 25.1. The maximum atomic E-state index is 11.9. The highest BCUT2D eigenvalue weighted by Gasteiger charge is 2.31. The smallest absolute Gasteiger partial charge is 0.221 e. The predicted octanol–water partition coefficient (Wildman–Crippen LogP) is 2.46. The van der Waals surface area contributed by atoms with E-state index in [2.05, 4.69) is 15.5 Å². The van der Waals surface area contributed by atoms with Crippen LogP contribution in [0.5, 0.6) is 0 Å². The van der Waals surface area contributed by atoms with Gasteiger partial charge in [0.2, 0.25) is 15.9 Å². The average Bonchev–Trinajstić information content (AvgIpc) is 3.15. The molecular weight excluding hydrogens is 352 g/mol. The van der Waals surface area contributed by atoms with Crippen molar-refractivity contribution < 1.29 is 13.2 Å². The second-order valence-electron chi connectivity index (χ2n) is 6.45. The number of rotatable bonds is 3. The molecule has 1 aliphatic rings. The molecule has 7 nitrogen and oxygen atoms in total. The van der Waals surface area contributed by atoms with Crippen LogP contribution in [0.25, 0.3) is 22.0 Å². The maximum absolute atomic E-state index is 11.9. The van der Waals surface area contributed by atoms with Crippen LogP contribution in [-0.2, 0) is 27.9 Å². The molecule has 2 heterocycles. The molecule has 0 aliphatic carbocycles. The van der Waals surface area contributed by atoms with Gasteiger partial charge >= 0.3 is 0 Å². The van der Waals surface area contributed by atoms with E-state index < -0.39 is 10.0 Å². The number of sulfonamides is 1. The first-order chi connectivity index (χ1) is 12.3. The van der Waals surface area contributed by atoms with Gasteiger partial charge in [-0.2, -0.15) is 9.40 Å². The van der Waals surface area contributed by atoms with Crippen molar-refractivity contribution >= 4 is 32.4 Å². The third-order valence-corrected chi connectivity index (χ3v) is 5.77. The fourth-order valence-electron chi connectivity index (χ4n) is 3.35. The molecule has 2 aromatic carbocycles. The Bertz CT molecular complexity index is 1130. The molecule has 1 amide bonds. The summed E-state index contributed by atoms with van der Waals surface area (Å²) >= 11 is 0. The Kier molecular flexibility index (Phi) is 3.82. The number of aromatic nitrogens is 2. The first kappa shape index (κ1) is 16.7. The molecule has 0 bridgehead atoms. The van der Waals surface area contributed by atoms with Crippen molar-refractivity contribution in [3.8, 4) is 11.3 Å². The Balaban J connectivity index is 1.88. The summed E-state index contributed by atoms with van der Waals surface area (Å²) in [6, 6.07) is 11.7. The van der Waals surface area contributed by atoms with Gasteiger partial charge in [0.05, 0.1) is 29.9 Å². The van der Waals surface area contributed by atoms with Gasteiger partial charge in [-0.1, -0.05) is 30.3 Å². The quantitative estimate of drug-likeness (QED) is 0.740. The minimum Gasteiger partial charge on any atom is -0.325 e.